The maximum atomic E-state index is 11.8. The number of aliphatic carboxylic acids is 1. The van der Waals surface area contributed by atoms with Gasteiger partial charge in [-0.2, -0.15) is 0 Å². The van der Waals surface area contributed by atoms with E-state index in [4.69, 9.17) is 19.3 Å². The fourth-order valence-electron chi connectivity index (χ4n) is 1.63. The van der Waals surface area contributed by atoms with Crippen LogP contribution in [0.4, 0.5) is 4.79 Å². The number of methoxy groups -OCH3 is 1. The number of urea groups is 1. The average molecular weight is 276 g/mol. The Labute approximate surface area is 111 Å². The molecule has 0 aromatic rings. The molecule has 0 bridgehead atoms. The van der Waals surface area contributed by atoms with Gasteiger partial charge in [0.05, 0.1) is 33.0 Å². The summed E-state index contributed by atoms with van der Waals surface area (Å²) in [6, 6.07) is -1.34. The van der Waals surface area contributed by atoms with Gasteiger partial charge in [-0.05, 0) is 0 Å². The van der Waals surface area contributed by atoms with Crippen LogP contribution >= 0.6 is 0 Å². The number of hydrogen-bond acceptors (Lipinski definition) is 5. The molecule has 8 nitrogen and oxygen atoms in total. The van der Waals surface area contributed by atoms with Crippen LogP contribution in [-0.4, -0.2) is 81.3 Å². The Morgan fingerprint density at radius 1 is 1.42 bits per heavy atom. The summed E-state index contributed by atoms with van der Waals surface area (Å²) in [5, 5.41) is 11.6. The summed E-state index contributed by atoms with van der Waals surface area (Å²) in [6.07, 6.45) is 0. The van der Waals surface area contributed by atoms with Crippen molar-refractivity contribution < 1.29 is 28.9 Å². The van der Waals surface area contributed by atoms with Crippen LogP contribution in [0.5, 0.6) is 0 Å². The summed E-state index contributed by atoms with van der Waals surface area (Å²) in [5.74, 6) is -1.06. The fraction of sp³-hybridized carbons (Fsp3) is 0.818. The first-order valence-corrected chi connectivity index (χ1v) is 6.08. The number of carboxylic acids is 1. The summed E-state index contributed by atoms with van der Waals surface area (Å²) < 4.78 is 15.0. The molecule has 1 aliphatic heterocycles. The predicted molar refractivity (Wildman–Crippen MR) is 65.0 cm³/mol. The minimum Gasteiger partial charge on any atom is -0.480 e. The zero-order valence-electron chi connectivity index (χ0n) is 11.0. The zero-order valence-corrected chi connectivity index (χ0v) is 11.0. The summed E-state index contributed by atoms with van der Waals surface area (Å²) >= 11 is 0. The summed E-state index contributed by atoms with van der Waals surface area (Å²) in [4.78, 5) is 24.1. The van der Waals surface area contributed by atoms with Crippen molar-refractivity contribution in [1.29, 1.82) is 0 Å². The first-order chi connectivity index (χ1) is 9.16. The SMILES string of the molecule is COCCOCCNC(=O)N1CCOCC1C(=O)O. The van der Waals surface area contributed by atoms with Crippen LogP contribution in [0.15, 0.2) is 0 Å². The third-order valence-electron chi connectivity index (χ3n) is 2.63. The number of morpholine rings is 1. The Balaban J connectivity index is 2.25. The molecule has 0 radical (unpaired) electrons. The van der Waals surface area contributed by atoms with E-state index in [1.54, 1.807) is 7.11 Å². The molecule has 110 valence electrons. The van der Waals surface area contributed by atoms with Crippen LogP contribution in [0.2, 0.25) is 0 Å². The lowest BCUT2D eigenvalue weighted by molar-refractivity contribution is -0.147. The molecular formula is C11H20N2O6. The molecule has 0 aromatic carbocycles. The highest BCUT2D eigenvalue weighted by atomic mass is 16.5. The number of carbonyl (C=O) groups excluding carboxylic acids is 1. The largest absolute Gasteiger partial charge is 0.480 e. The van der Waals surface area contributed by atoms with Gasteiger partial charge in [0.1, 0.15) is 0 Å². The molecule has 1 saturated heterocycles. The fourth-order valence-corrected chi connectivity index (χ4v) is 1.63. The van der Waals surface area contributed by atoms with Crippen LogP contribution in [0.1, 0.15) is 0 Å². The summed E-state index contributed by atoms with van der Waals surface area (Å²) in [7, 11) is 1.58. The van der Waals surface area contributed by atoms with E-state index >= 15 is 0 Å². The van der Waals surface area contributed by atoms with Crippen molar-refractivity contribution in [1.82, 2.24) is 10.2 Å². The van der Waals surface area contributed by atoms with E-state index in [9.17, 15) is 9.59 Å². The summed E-state index contributed by atoms with van der Waals surface area (Å²) in [5.41, 5.74) is 0. The number of carboxylic acid groups (broad SMARTS) is 1. The van der Waals surface area contributed by atoms with Crippen LogP contribution in [0.3, 0.4) is 0 Å². The molecule has 0 aliphatic carbocycles. The topological polar surface area (TPSA) is 97.3 Å². The quantitative estimate of drug-likeness (QED) is 0.588. The second-order valence-electron chi connectivity index (χ2n) is 3.96. The molecular weight excluding hydrogens is 256 g/mol. The van der Waals surface area contributed by atoms with Crippen molar-refractivity contribution in [3.8, 4) is 0 Å². The maximum Gasteiger partial charge on any atom is 0.328 e. The van der Waals surface area contributed by atoms with E-state index in [1.807, 2.05) is 0 Å². The first-order valence-electron chi connectivity index (χ1n) is 6.08. The normalized spacial score (nSPS) is 19.2. The molecule has 1 fully saturated rings. The predicted octanol–water partition coefficient (Wildman–Crippen LogP) is -0.856. The molecule has 0 aromatic heterocycles. The first kappa shape index (κ1) is 15.7. The highest BCUT2D eigenvalue weighted by molar-refractivity contribution is 5.82. The lowest BCUT2D eigenvalue weighted by atomic mass is 10.2. The maximum absolute atomic E-state index is 11.8. The molecule has 8 heteroatoms. The van der Waals surface area contributed by atoms with Crippen molar-refractivity contribution in [2.45, 2.75) is 6.04 Å². The standard InChI is InChI=1S/C11H20N2O6/c1-17-6-7-18-4-2-12-11(16)13-3-5-19-8-9(13)10(14)15/h9H,2-8H2,1H3,(H,12,16)(H,14,15). The van der Waals surface area contributed by atoms with E-state index in [0.717, 1.165) is 0 Å². The lowest BCUT2D eigenvalue weighted by Gasteiger charge is -2.32. The second-order valence-corrected chi connectivity index (χ2v) is 3.96. The van der Waals surface area contributed by atoms with Crippen molar-refractivity contribution in [2.75, 3.05) is 53.2 Å². The number of ether oxygens (including phenoxy) is 3. The van der Waals surface area contributed by atoms with Crippen LogP contribution in [-0.2, 0) is 19.0 Å². The molecule has 2 amide bonds. The van der Waals surface area contributed by atoms with Gasteiger partial charge >= 0.3 is 12.0 Å². The highest BCUT2D eigenvalue weighted by Gasteiger charge is 2.32. The third-order valence-corrected chi connectivity index (χ3v) is 2.63. The Bertz CT molecular complexity index is 299. The number of rotatable bonds is 7. The van der Waals surface area contributed by atoms with Crippen LogP contribution in [0, 0.1) is 0 Å². The van der Waals surface area contributed by atoms with E-state index in [1.165, 1.54) is 4.90 Å². The van der Waals surface area contributed by atoms with Crippen molar-refractivity contribution in [3.63, 3.8) is 0 Å². The number of hydrogen-bond donors (Lipinski definition) is 2. The number of carbonyl (C=O) groups is 2. The van der Waals surface area contributed by atoms with Gasteiger partial charge in [-0.15, -0.1) is 0 Å². The molecule has 19 heavy (non-hydrogen) atoms. The summed E-state index contributed by atoms with van der Waals surface area (Å²) in [6.45, 7) is 2.28. The molecule has 0 spiro atoms. The highest BCUT2D eigenvalue weighted by Crippen LogP contribution is 2.07. The Hall–Kier alpha value is -1.38. The van der Waals surface area contributed by atoms with E-state index in [-0.39, 0.29) is 13.2 Å². The van der Waals surface area contributed by atoms with Gasteiger partial charge in [0.2, 0.25) is 0 Å². The third kappa shape index (κ3) is 5.41. The minimum atomic E-state index is -1.06. The number of nitrogens with one attached hydrogen (secondary N) is 1. The van der Waals surface area contributed by atoms with Gasteiger partial charge < -0.3 is 29.5 Å². The minimum absolute atomic E-state index is 0.0209. The smallest absolute Gasteiger partial charge is 0.328 e. The molecule has 1 rings (SSSR count). The van der Waals surface area contributed by atoms with E-state index in [2.05, 4.69) is 5.32 Å². The van der Waals surface area contributed by atoms with Crippen molar-refractivity contribution in [3.05, 3.63) is 0 Å². The monoisotopic (exact) mass is 276 g/mol. The van der Waals surface area contributed by atoms with Gasteiger partial charge in [-0.1, -0.05) is 0 Å². The number of nitrogens with zero attached hydrogens (tertiary/aromatic N) is 1. The molecule has 2 N–H and O–H groups in total. The van der Waals surface area contributed by atoms with Gasteiger partial charge in [-0.3, -0.25) is 0 Å². The van der Waals surface area contributed by atoms with Gasteiger partial charge in [0.15, 0.2) is 6.04 Å². The van der Waals surface area contributed by atoms with Crippen LogP contribution in [0.25, 0.3) is 0 Å². The second kappa shape index (κ2) is 8.68. The average Bonchev–Trinajstić information content (AvgIpc) is 2.42. The van der Waals surface area contributed by atoms with Gasteiger partial charge in [0.25, 0.3) is 0 Å². The molecule has 0 saturated carbocycles. The van der Waals surface area contributed by atoms with Crippen LogP contribution < -0.4 is 5.32 Å². The van der Waals surface area contributed by atoms with Gasteiger partial charge in [-0.25, -0.2) is 9.59 Å². The Morgan fingerprint density at radius 3 is 2.89 bits per heavy atom. The molecule has 1 aliphatic rings. The molecule has 1 unspecified atom stereocenters. The van der Waals surface area contributed by atoms with Gasteiger partial charge in [0, 0.05) is 20.2 Å². The van der Waals surface area contributed by atoms with E-state index in [0.29, 0.717) is 33.0 Å². The van der Waals surface area contributed by atoms with Crippen molar-refractivity contribution in [2.24, 2.45) is 0 Å². The number of amides is 2. The van der Waals surface area contributed by atoms with Crippen molar-refractivity contribution >= 4 is 12.0 Å². The van der Waals surface area contributed by atoms with E-state index < -0.39 is 18.0 Å². The Kier molecular flexibility index (Phi) is 7.16. The zero-order chi connectivity index (χ0) is 14.1. The Morgan fingerprint density at radius 2 is 2.21 bits per heavy atom. The molecule has 1 heterocycles. The lowest BCUT2D eigenvalue weighted by Crippen LogP contribution is -2.55. The molecule has 1 atom stereocenters.